The van der Waals surface area contributed by atoms with E-state index in [1.165, 1.54) is 4.88 Å². The molecule has 0 aliphatic carbocycles. The van der Waals surface area contributed by atoms with Crippen LogP contribution in [0.4, 0.5) is 0 Å². The van der Waals surface area contributed by atoms with Gasteiger partial charge in [0, 0.05) is 17.5 Å². The van der Waals surface area contributed by atoms with Gasteiger partial charge in [0.1, 0.15) is 0 Å². The average molecular weight is 307 g/mol. The molecule has 2 rings (SSSR count). The Morgan fingerprint density at radius 3 is 2.24 bits per heavy atom. The van der Waals surface area contributed by atoms with E-state index < -0.39 is 0 Å². The van der Waals surface area contributed by atoms with Crippen LogP contribution >= 0.6 is 11.3 Å². The van der Waals surface area contributed by atoms with Crippen LogP contribution < -0.4 is 19.5 Å². The Labute approximate surface area is 129 Å². The molecule has 1 unspecified atom stereocenters. The van der Waals surface area contributed by atoms with Crippen molar-refractivity contribution in [3.05, 3.63) is 40.1 Å². The van der Waals surface area contributed by atoms with E-state index in [0.29, 0.717) is 17.2 Å². The van der Waals surface area contributed by atoms with Crippen molar-refractivity contribution in [2.45, 2.75) is 19.5 Å². The topological polar surface area (TPSA) is 39.7 Å². The number of methoxy groups -OCH3 is 3. The van der Waals surface area contributed by atoms with E-state index in [4.69, 9.17) is 14.2 Å². The third-order valence-corrected chi connectivity index (χ3v) is 4.23. The Hall–Kier alpha value is -1.72. The smallest absolute Gasteiger partial charge is 0.203 e. The van der Waals surface area contributed by atoms with Crippen molar-refractivity contribution >= 4 is 11.3 Å². The van der Waals surface area contributed by atoms with Crippen molar-refractivity contribution < 1.29 is 14.2 Å². The molecule has 0 saturated heterocycles. The van der Waals surface area contributed by atoms with Gasteiger partial charge in [0.25, 0.3) is 0 Å². The second-order valence-corrected chi connectivity index (χ2v) is 5.67. The highest BCUT2D eigenvalue weighted by Crippen LogP contribution is 2.39. The monoisotopic (exact) mass is 307 g/mol. The van der Waals surface area contributed by atoms with E-state index in [0.717, 1.165) is 12.1 Å². The van der Waals surface area contributed by atoms with Gasteiger partial charge in [-0.25, -0.2) is 0 Å². The van der Waals surface area contributed by atoms with Gasteiger partial charge in [0.05, 0.1) is 21.3 Å². The average Bonchev–Trinajstić information content (AvgIpc) is 3.04. The first-order chi connectivity index (χ1) is 10.2. The summed E-state index contributed by atoms with van der Waals surface area (Å²) < 4.78 is 16.1. The second-order valence-electron chi connectivity index (χ2n) is 4.64. The zero-order valence-corrected chi connectivity index (χ0v) is 13.6. The van der Waals surface area contributed by atoms with Gasteiger partial charge < -0.3 is 19.5 Å². The largest absolute Gasteiger partial charge is 0.493 e. The summed E-state index contributed by atoms with van der Waals surface area (Å²) >= 11 is 1.75. The highest BCUT2D eigenvalue weighted by Gasteiger charge is 2.16. The molecule has 0 aliphatic rings. The Morgan fingerprint density at radius 1 is 1.10 bits per heavy atom. The minimum atomic E-state index is 0.181. The Balaban J connectivity index is 2.18. The van der Waals surface area contributed by atoms with Gasteiger partial charge in [-0.15, -0.1) is 11.3 Å². The number of nitrogens with one attached hydrogen (secondary N) is 1. The molecule has 21 heavy (non-hydrogen) atoms. The van der Waals surface area contributed by atoms with Crippen LogP contribution in [0.2, 0.25) is 0 Å². The van der Waals surface area contributed by atoms with E-state index in [-0.39, 0.29) is 6.04 Å². The van der Waals surface area contributed by atoms with Crippen LogP contribution in [0.5, 0.6) is 17.2 Å². The van der Waals surface area contributed by atoms with Crippen LogP contribution in [-0.4, -0.2) is 21.3 Å². The van der Waals surface area contributed by atoms with Crippen LogP contribution in [0, 0.1) is 0 Å². The lowest BCUT2D eigenvalue weighted by Crippen LogP contribution is -2.17. The highest BCUT2D eigenvalue weighted by atomic mass is 32.1. The standard InChI is InChI=1S/C16H21NO3S/c1-11(17-10-13-6-5-7-21-13)12-8-14(18-2)16(20-4)15(9-12)19-3/h5-9,11,17H,10H2,1-4H3. The minimum Gasteiger partial charge on any atom is -0.493 e. The van der Waals surface area contributed by atoms with Crippen LogP contribution in [-0.2, 0) is 6.54 Å². The van der Waals surface area contributed by atoms with E-state index in [9.17, 15) is 0 Å². The molecule has 0 amide bonds. The lowest BCUT2D eigenvalue weighted by molar-refractivity contribution is 0.323. The third-order valence-electron chi connectivity index (χ3n) is 3.35. The van der Waals surface area contributed by atoms with Gasteiger partial charge in [0.15, 0.2) is 11.5 Å². The van der Waals surface area contributed by atoms with Crippen molar-refractivity contribution in [1.82, 2.24) is 5.32 Å². The molecule has 0 bridgehead atoms. The Kier molecular flexibility index (Phi) is 5.47. The molecular weight excluding hydrogens is 286 g/mol. The summed E-state index contributed by atoms with van der Waals surface area (Å²) in [5, 5.41) is 5.58. The molecule has 0 spiro atoms. The van der Waals surface area contributed by atoms with Crippen LogP contribution in [0.25, 0.3) is 0 Å². The van der Waals surface area contributed by atoms with E-state index in [2.05, 4.69) is 29.8 Å². The number of hydrogen-bond acceptors (Lipinski definition) is 5. The Morgan fingerprint density at radius 2 is 1.76 bits per heavy atom. The molecule has 2 aromatic rings. The zero-order valence-electron chi connectivity index (χ0n) is 12.8. The molecule has 1 N–H and O–H groups in total. The summed E-state index contributed by atoms with van der Waals surface area (Å²) in [5.74, 6) is 1.97. The number of benzene rings is 1. The number of ether oxygens (including phenoxy) is 3. The van der Waals surface area contributed by atoms with E-state index in [1.54, 1.807) is 32.7 Å². The molecule has 4 nitrogen and oxygen atoms in total. The molecule has 0 fully saturated rings. The van der Waals surface area contributed by atoms with E-state index in [1.807, 2.05) is 12.1 Å². The Bertz CT molecular complexity index is 544. The molecule has 114 valence electrons. The van der Waals surface area contributed by atoms with Crippen LogP contribution in [0.1, 0.15) is 23.4 Å². The summed E-state index contributed by atoms with van der Waals surface area (Å²) in [4.78, 5) is 1.31. The van der Waals surface area contributed by atoms with Gasteiger partial charge in [-0.1, -0.05) is 6.07 Å². The first kappa shape index (κ1) is 15.7. The normalized spacial score (nSPS) is 12.0. The number of hydrogen-bond donors (Lipinski definition) is 1. The van der Waals surface area contributed by atoms with E-state index >= 15 is 0 Å². The van der Waals surface area contributed by atoms with Gasteiger partial charge >= 0.3 is 0 Å². The zero-order chi connectivity index (χ0) is 15.2. The van der Waals surface area contributed by atoms with Crippen molar-refractivity contribution in [3.63, 3.8) is 0 Å². The minimum absolute atomic E-state index is 0.181. The van der Waals surface area contributed by atoms with Crippen LogP contribution in [0.15, 0.2) is 29.6 Å². The number of rotatable bonds is 7. The SMILES string of the molecule is COc1cc(C(C)NCc2cccs2)cc(OC)c1OC. The predicted molar refractivity (Wildman–Crippen MR) is 85.7 cm³/mol. The molecule has 0 radical (unpaired) electrons. The maximum absolute atomic E-state index is 5.39. The summed E-state index contributed by atoms with van der Waals surface area (Å²) in [6, 6.07) is 8.33. The van der Waals surface area contributed by atoms with Gasteiger partial charge in [0.2, 0.25) is 5.75 Å². The first-order valence-electron chi connectivity index (χ1n) is 6.75. The molecule has 0 saturated carbocycles. The van der Waals surface area contributed by atoms with Crippen molar-refractivity contribution in [3.8, 4) is 17.2 Å². The van der Waals surface area contributed by atoms with Crippen molar-refractivity contribution in [2.24, 2.45) is 0 Å². The predicted octanol–water partition coefficient (Wildman–Crippen LogP) is 3.62. The summed E-state index contributed by atoms with van der Waals surface area (Å²) in [5.41, 5.74) is 1.10. The molecule has 1 aromatic carbocycles. The first-order valence-corrected chi connectivity index (χ1v) is 7.63. The third kappa shape index (κ3) is 3.68. The fourth-order valence-corrected chi connectivity index (χ4v) is 2.79. The second kappa shape index (κ2) is 7.33. The summed E-state index contributed by atoms with van der Waals surface area (Å²) in [6.45, 7) is 2.96. The lowest BCUT2D eigenvalue weighted by atomic mass is 10.1. The van der Waals surface area contributed by atoms with Gasteiger partial charge in [-0.3, -0.25) is 0 Å². The van der Waals surface area contributed by atoms with Crippen molar-refractivity contribution in [2.75, 3.05) is 21.3 Å². The fraction of sp³-hybridized carbons (Fsp3) is 0.375. The van der Waals surface area contributed by atoms with Crippen molar-refractivity contribution in [1.29, 1.82) is 0 Å². The summed E-state index contributed by atoms with van der Waals surface area (Å²) in [6.07, 6.45) is 0. The molecule has 5 heteroatoms. The van der Waals surface area contributed by atoms with Crippen LogP contribution in [0.3, 0.4) is 0 Å². The quantitative estimate of drug-likeness (QED) is 0.848. The van der Waals surface area contributed by atoms with Gasteiger partial charge in [-0.05, 0) is 36.1 Å². The molecule has 1 heterocycles. The lowest BCUT2D eigenvalue weighted by Gasteiger charge is -2.18. The maximum atomic E-state index is 5.39. The molecule has 1 aromatic heterocycles. The fourth-order valence-electron chi connectivity index (χ4n) is 2.14. The molecule has 0 aliphatic heterocycles. The number of thiophene rings is 1. The highest BCUT2D eigenvalue weighted by molar-refractivity contribution is 7.09. The molecular formula is C16H21NO3S. The summed E-state index contributed by atoms with van der Waals surface area (Å²) in [7, 11) is 4.87. The molecule has 1 atom stereocenters. The van der Waals surface area contributed by atoms with Gasteiger partial charge in [-0.2, -0.15) is 0 Å². The maximum Gasteiger partial charge on any atom is 0.203 e.